The van der Waals surface area contributed by atoms with Gasteiger partial charge in [0, 0.05) is 12.7 Å². The summed E-state index contributed by atoms with van der Waals surface area (Å²) in [5.41, 5.74) is 2.10. The van der Waals surface area contributed by atoms with Crippen molar-refractivity contribution < 1.29 is 18.0 Å². The number of nitrogens with zero attached hydrogens (tertiary/aromatic N) is 2. The lowest BCUT2D eigenvalue weighted by Gasteiger charge is -2.07. The Hall–Kier alpha value is -3.09. The number of carbonyl (C=O) groups is 1. The van der Waals surface area contributed by atoms with E-state index in [9.17, 15) is 18.0 Å². The summed E-state index contributed by atoms with van der Waals surface area (Å²) in [5.74, 6) is -0.189. The van der Waals surface area contributed by atoms with Gasteiger partial charge < -0.3 is 5.32 Å². The molecule has 4 nitrogen and oxygen atoms in total. The quantitative estimate of drug-likeness (QED) is 0.712. The largest absolute Gasteiger partial charge is 0.435 e. The fourth-order valence-corrected chi connectivity index (χ4v) is 2.64. The van der Waals surface area contributed by atoms with Crippen LogP contribution in [0, 0.1) is 0 Å². The van der Waals surface area contributed by atoms with Crippen LogP contribution in [0.1, 0.15) is 11.3 Å². The third kappa shape index (κ3) is 5.20. The van der Waals surface area contributed by atoms with Crippen LogP contribution in [0.15, 0.2) is 66.9 Å². The van der Waals surface area contributed by atoms with Crippen LogP contribution in [0.3, 0.4) is 0 Å². The van der Waals surface area contributed by atoms with E-state index in [0.29, 0.717) is 0 Å². The van der Waals surface area contributed by atoms with Gasteiger partial charge in [-0.05, 0) is 22.8 Å². The number of amides is 1. The van der Waals surface area contributed by atoms with Gasteiger partial charge in [-0.1, -0.05) is 54.6 Å². The molecule has 0 atom stereocenters. The predicted octanol–water partition coefficient (Wildman–Crippen LogP) is 3.93. The standard InChI is InChI=1S/C20H18F3N3O/c21-20(22,23)18-10-12-26(25-18)13-11-24-19(27)14-15-6-8-17(9-7-15)16-4-2-1-3-5-16/h1-10,12H,11,13-14H2,(H,24,27). The van der Waals surface area contributed by atoms with Gasteiger partial charge in [0.1, 0.15) is 0 Å². The van der Waals surface area contributed by atoms with E-state index in [1.54, 1.807) is 0 Å². The molecule has 0 aliphatic rings. The highest BCUT2D eigenvalue weighted by Crippen LogP contribution is 2.27. The summed E-state index contributed by atoms with van der Waals surface area (Å²) in [5, 5.41) is 6.13. The molecule has 0 bridgehead atoms. The molecule has 7 heteroatoms. The molecule has 2 aromatic carbocycles. The van der Waals surface area contributed by atoms with Crippen LogP contribution in [-0.2, 0) is 23.9 Å². The van der Waals surface area contributed by atoms with Crippen molar-refractivity contribution >= 4 is 5.91 Å². The first-order chi connectivity index (χ1) is 12.9. The molecule has 1 amide bonds. The predicted molar refractivity (Wildman–Crippen MR) is 95.8 cm³/mol. The van der Waals surface area contributed by atoms with Gasteiger partial charge in [0.05, 0.1) is 13.0 Å². The number of aromatic nitrogens is 2. The normalized spacial score (nSPS) is 11.4. The van der Waals surface area contributed by atoms with E-state index in [1.165, 1.54) is 6.20 Å². The van der Waals surface area contributed by atoms with Crippen molar-refractivity contribution in [3.63, 3.8) is 0 Å². The third-order valence-corrected chi connectivity index (χ3v) is 4.02. The van der Waals surface area contributed by atoms with Crippen molar-refractivity contribution in [3.8, 4) is 11.1 Å². The molecule has 0 fully saturated rings. The van der Waals surface area contributed by atoms with Crippen LogP contribution in [0.5, 0.6) is 0 Å². The molecule has 3 aromatic rings. The highest BCUT2D eigenvalue weighted by Gasteiger charge is 2.33. The Morgan fingerprint density at radius 1 is 0.963 bits per heavy atom. The number of carbonyl (C=O) groups excluding carboxylic acids is 1. The van der Waals surface area contributed by atoms with Crippen LogP contribution in [-0.4, -0.2) is 22.2 Å². The van der Waals surface area contributed by atoms with Crippen LogP contribution in [0.4, 0.5) is 13.2 Å². The van der Waals surface area contributed by atoms with E-state index in [4.69, 9.17) is 0 Å². The molecule has 3 rings (SSSR count). The van der Waals surface area contributed by atoms with Gasteiger partial charge in [-0.2, -0.15) is 18.3 Å². The summed E-state index contributed by atoms with van der Waals surface area (Å²) < 4.78 is 38.6. The molecule has 0 saturated heterocycles. The second-order valence-electron chi connectivity index (χ2n) is 6.05. The number of hydrogen-bond acceptors (Lipinski definition) is 2. The van der Waals surface area contributed by atoms with Crippen molar-refractivity contribution in [1.82, 2.24) is 15.1 Å². The first-order valence-corrected chi connectivity index (χ1v) is 8.43. The van der Waals surface area contributed by atoms with Gasteiger partial charge in [-0.25, -0.2) is 0 Å². The third-order valence-electron chi connectivity index (χ3n) is 4.02. The van der Waals surface area contributed by atoms with Crippen LogP contribution in [0.2, 0.25) is 0 Å². The first-order valence-electron chi connectivity index (χ1n) is 8.43. The molecule has 0 aliphatic heterocycles. The maximum Gasteiger partial charge on any atom is 0.435 e. The molecule has 0 spiro atoms. The van der Waals surface area contributed by atoms with Crippen molar-refractivity contribution in [2.24, 2.45) is 0 Å². The summed E-state index contributed by atoms with van der Waals surface area (Å²) in [4.78, 5) is 12.0. The summed E-state index contributed by atoms with van der Waals surface area (Å²) in [6.07, 6.45) is -3.00. The first kappa shape index (κ1) is 18.7. The van der Waals surface area contributed by atoms with E-state index in [2.05, 4.69) is 10.4 Å². The zero-order chi connectivity index (χ0) is 19.3. The number of hydrogen-bond donors (Lipinski definition) is 1. The van der Waals surface area contributed by atoms with Crippen LogP contribution < -0.4 is 5.32 Å². The molecule has 27 heavy (non-hydrogen) atoms. The summed E-state index contributed by atoms with van der Waals surface area (Å²) in [6, 6.07) is 18.5. The molecule has 1 N–H and O–H groups in total. The maximum absolute atomic E-state index is 12.5. The van der Waals surface area contributed by atoms with Gasteiger partial charge in [-0.3, -0.25) is 9.48 Å². The van der Waals surface area contributed by atoms with Crippen molar-refractivity contribution in [2.45, 2.75) is 19.1 Å². The van der Waals surface area contributed by atoms with E-state index in [1.807, 2.05) is 54.6 Å². The number of alkyl halides is 3. The summed E-state index contributed by atoms with van der Waals surface area (Å²) in [6.45, 7) is 0.384. The number of rotatable bonds is 6. The van der Waals surface area contributed by atoms with Crippen LogP contribution >= 0.6 is 0 Å². The number of nitrogens with one attached hydrogen (secondary N) is 1. The second kappa shape index (κ2) is 8.07. The molecule has 0 radical (unpaired) electrons. The van der Waals surface area contributed by atoms with E-state index >= 15 is 0 Å². The van der Waals surface area contributed by atoms with Gasteiger partial charge in [0.15, 0.2) is 5.69 Å². The average Bonchev–Trinajstić information content (AvgIpc) is 3.12. The highest BCUT2D eigenvalue weighted by molar-refractivity contribution is 5.78. The van der Waals surface area contributed by atoms with Crippen molar-refractivity contribution in [1.29, 1.82) is 0 Å². The minimum Gasteiger partial charge on any atom is -0.354 e. The van der Waals surface area contributed by atoms with Gasteiger partial charge >= 0.3 is 6.18 Å². The Balaban J connectivity index is 1.47. The zero-order valence-electron chi connectivity index (χ0n) is 14.4. The van der Waals surface area contributed by atoms with Crippen molar-refractivity contribution in [2.75, 3.05) is 6.54 Å². The molecule has 140 valence electrons. The molecule has 0 unspecified atom stereocenters. The Morgan fingerprint density at radius 2 is 1.63 bits per heavy atom. The smallest absolute Gasteiger partial charge is 0.354 e. The fourth-order valence-electron chi connectivity index (χ4n) is 2.64. The molecular weight excluding hydrogens is 355 g/mol. The lowest BCUT2D eigenvalue weighted by Crippen LogP contribution is -2.28. The number of halogens is 3. The average molecular weight is 373 g/mol. The zero-order valence-corrected chi connectivity index (χ0v) is 14.4. The highest BCUT2D eigenvalue weighted by atomic mass is 19.4. The Labute approximate surface area is 154 Å². The summed E-state index contributed by atoms with van der Waals surface area (Å²) in [7, 11) is 0. The van der Waals surface area contributed by atoms with E-state index in [0.717, 1.165) is 27.4 Å². The minimum atomic E-state index is -4.46. The Kier molecular flexibility index (Phi) is 5.59. The maximum atomic E-state index is 12.5. The lowest BCUT2D eigenvalue weighted by molar-refractivity contribution is -0.141. The number of benzene rings is 2. The SMILES string of the molecule is O=C(Cc1ccc(-c2ccccc2)cc1)NCCn1ccc(C(F)(F)F)n1. The molecule has 0 aliphatic carbocycles. The van der Waals surface area contributed by atoms with Gasteiger partial charge in [0.2, 0.25) is 5.91 Å². The monoisotopic (exact) mass is 373 g/mol. The molecule has 1 aromatic heterocycles. The minimum absolute atomic E-state index is 0.175. The van der Waals surface area contributed by atoms with Gasteiger partial charge in [0.25, 0.3) is 0 Å². The summed E-state index contributed by atoms with van der Waals surface area (Å²) >= 11 is 0. The Bertz CT molecular complexity index is 887. The van der Waals surface area contributed by atoms with Crippen molar-refractivity contribution in [3.05, 3.63) is 78.1 Å². The Morgan fingerprint density at radius 3 is 2.26 bits per heavy atom. The molecule has 0 saturated carbocycles. The van der Waals surface area contributed by atoms with Crippen LogP contribution in [0.25, 0.3) is 11.1 Å². The van der Waals surface area contributed by atoms with Gasteiger partial charge in [-0.15, -0.1) is 0 Å². The lowest BCUT2D eigenvalue weighted by atomic mass is 10.0. The topological polar surface area (TPSA) is 46.9 Å². The second-order valence-corrected chi connectivity index (χ2v) is 6.05. The molecular formula is C20H18F3N3O. The fraction of sp³-hybridized carbons (Fsp3) is 0.200. The van der Waals surface area contributed by atoms with E-state index < -0.39 is 11.9 Å². The van der Waals surface area contributed by atoms with E-state index in [-0.39, 0.29) is 25.4 Å². The molecule has 1 heterocycles.